The average Bonchev–Trinajstić information content (AvgIpc) is 3.06. The number of ether oxygens (including phenoxy) is 1. The predicted octanol–water partition coefficient (Wildman–Crippen LogP) is 2.84. The second-order valence-electron chi connectivity index (χ2n) is 5.75. The minimum Gasteiger partial charge on any atom is -0.353 e. The van der Waals surface area contributed by atoms with Crippen molar-refractivity contribution in [1.29, 1.82) is 0 Å². The van der Waals surface area contributed by atoms with Crippen LogP contribution in [0.4, 0.5) is 0 Å². The first-order chi connectivity index (χ1) is 8.27. The van der Waals surface area contributed by atoms with E-state index in [9.17, 15) is 8.42 Å². The van der Waals surface area contributed by atoms with E-state index in [4.69, 9.17) is 4.74 Å². The number of hydrogen-bond acceptors (Lipinski definition) is 3. The molecule has 0 radical (unpaired) electrons. The van der Waals surface area contributed by atoms with Crippen molar-refractivity contribution in [2.24, 2.45) is 0 Å². The Kier molecular flexibility index (Phi) is 3.20. The zero-order valence-corrected chi connectivity index (χ0v) is 13.1. The second-order valence-corrected chi connectivity index (χ2v) is 13.4. The quantitative estimate of drug-likeness (QED) is 0.631. The summed E-state index contributed by atoms with van der Waals surface area (Å²) in [6, 6.07) is 8.66. The average molecular weight is 284 g/mol. The molecule has 0 amide bonds. The molecule has 2 rings (SSSR count). The van der Waals surface area contributed by atoms with Crippen LogP contribution in [0, 0.1) is 0 Å². The number of benzene rings is 1. The molecule has 0 aromatic heterocycles. The summed E-state index contributed by atoms with van der Waals surface area (Å²) in [7, 11) is -5.39. The van der Waals surface area contributed by atoms with E-state index < -0.39 is 22.5 Å². The molecule has 5 heteroatoms. The molecule has 0 N–H and O–H groups in total. The van der Waals surface area contributed by atoms with Crippen molar-refractivity contribution in [3.8, 4) is 0 Å². The van der Waals surface area contributed by atoms with Gasteiger partial charge in [0.2, 0.25) is 9.84 Å². The van der Waals surface area contributed by atoms with Gasteiger partial charge in [0.15, 0.2) is 4.56 Å². The summed E-state index contributed by atoms with van der Waals surface area (Å²) in [5, 5.41) is 0. The van der Waals surface area contributed by atoms with Gasteiger partial charge in [-0.1, -0.05) is 44.8 Å². The van der Waals surface area contributed by atoms with Crippen molar-refractivity contribution in [2.45, 2.75) is 48.5 Å². The maximum atomic E-state index is 12.8. The van der Waals surface area contributed by atoms with Gasteiger partial charge in [0.25, 0.3) is 0 Å². The summed E-state index contributed by atoms with van der Waals surface area (Å²) >= 11 is 0. The molecule has 0 spiro atoms. The lowest BCUT2D eigenvalue weighted by Crippen LogP contribution is -2.49. The van der Waals surface area contributed by atoms with Crippen molar-refractivity contribution >= 4 is 17.9 Å². The summed E-state index contributed by atoms with van der Waals surface area (Å²) in [6.07, 6.45) is 0.602. The topological polar surface area (TPSA) is 46.7 Å². The highest BCUT2D eigenvalue weighted by Crippen LogP contribution is 2.52. The van der Waals surface area contributed by atoms with Crippen LogP contribution >= 0.6 is 0 Å². The van der Waals surface area contributed by atoms with Gasteiger partial charge in [-0.05, 0) is 18.6 Å². The number of sulfone groups is 1. The molecule has 18 heavy (non-hydrogen) atoms. The molecule has 1 saturated heterocycles. The Balaban J connectivity index is 2.53. The normalized spacial score (nSPS) is 28.1. The summed E-state index contributed by atoms with van der Waals surface area (Å²) < 4.78 is 30.5. The smallest absolute Gasteiger partial charge is 0.207 e. The fourth-order valence-corrected chi connectivity index (χ4v) is 9.47. The van der Waals surface area contributed by atoms with Crippen molar-refractivity contribution in [2.75, 3.05) is 0 Å². The SMILES string of the molecule is CC[C@@H]1O[C@@]1([Si](C)(C)C)S(=O)(=O)c1ccccc1. The zero-order valence-electron chi connectivity index (χ0n) is 11.3. The van der Waals surface area contributed by atoms with Crippen LogP contribution in [0.25, 0.3) is 0 Å². The predicted molar refractivity (Wildman–Crippen MR) is 74.9 cm³/mol. The van der Waals surface area contributed by atoms with E-state index in [0.717, 1.165) is 6.42 Å². The Morgan fingerprint density at radius 1 is 1.22 bits per heavy atom. The molecule has 0 unspecified atom stereocenters. The lowest BCUT2D eigenvalue weighted by molar-refractivity contribution is 0.372. The molecule has 1 aromatic carbocycles. The van der Waals surface area contributed by atoms with Crippen LogP contribution in [0.3, 0.4) is 0 Å². The molecule has 100 valence electrons. The van der Waals surface area contributed by atoms with Crippen LogP contribution in [-0.2, 0) is 14.6 Å². The molecule has 2 atom stereocenters. The van der Waals surface area contributed by atoms with E-state index in [0.29, 0.717) is 4.90 Å². The molecule has 0 saturated carbocycles. The van der Waals surface area contributed by atoms with E-state index in [1.54, 1.807) is 24.3 Å². The molecular formula is C13H20O3SSi. The van der Waals surface area contributed by atoms with Gasteiger partial charge in [0.05, 0.1) is 11.0 Å². The van der Waals surface area contributed by atoms with E-state index in [1.807, 2.05) is 13.0 Å². The first-order valence-corrected chi connectivity index (χ1v) is 11.2. The molecule has 3 nitrogen and oxygen atoms in total. The summed E-state index contributed by atoms with van der Waals surface area (Å²) in [5.41, 5.74) is 0. The van der Waals surface area contributed by atoms with Gasteiger partial charge >= 0.3 is 0 Å². The fourth-order valence-electron chi connectivity index (χ4n) is 2.60. The van der Waals surface area contributed by atoms with E-state index in [-0.39, 0.29) is 6.10 Å². The van der Waals surface area contributed by atoms with Gasteiger partial charge < -0.3 is 4.74 Å². The van der Waals surface area contributed by atoms with Crippen molar-refractivity contribution in [3.05, 3.63) is 30.3 Å². The zero-order chi connectivity index (χ0) is 13.6. The van der Waals surface area contributed by atoms with Crippen LogP contribution < -0.4 is 0 Å². The number of epoxide rings is 1. The first kappa shape index (κ1) is 13.8. The highest BCUT2D eigenvalue weighted by Gasteiger charge is 2.71. The van der Waals surface area contributed by atoms with Gasteiger partial charge in [-0.15, -0.1) is 0 Å². The third-order valence-electron chi connectivity index (χ3n) is 3.55. The molecule has 1 fully saturated rings. The monoisotopic (exact) mass is 284 g/mol. The molecule has 0 aliphatic carbocycles. The third kappa shape index (κ3) is 1.76. The molecule has 1 aliphatic rings. The van der Waals surface area contributed by atoms with Crippen molar-refractivity contribution in [1.82, 2.24) is 0 Å². The Morgan fingerprint density at radius 2 is 1.78 bits per heavy atom. The minimum atomic E-state index is -3.41. The van der Waals surface area contributed by atoms with Crippen LogP contribution in [0.2, 0.25) is 19.6 Å². The van der Waals surface area contributed by atoms with Gasteiger partial charge in [-0.25, -0.2) is 8.42 Å². The highest BCUT2D eigenvalue weighted by molar-refractivity contribution is 7.95. The van der Waals surface area contributed by atoms with Crippen molar-refractivity contribution in [3.63, 3.8) is 0 Å². The largest absolute Gasteiger partial charge is 0.353 e. The fraction of sp³-hybridized carbons (Fsp3) is 0.538. The Morgan fingerprint density at radius 3 is 2.17 bits per heavy atom. The van der Waals surface area contributed by atoms with Gasteiger partial charge in [-0.2, -0.15) is 0 Å². The molecule has 0 bridgehead atoms. The highest BCUT2D eigenvalue weighted by atomic mass is 32.2. The lowest BCUT2D eigenvalue weighted by atomic mass is 10.4. The molecule has 1 heterocycles. The van der Waals surface area contributed by atoms with Crippen LogP contribution in [-0.4, -0.2) is 27.2 Å². The van der Waals surface area contributed by atoms with E-state index in [2.05, 4.69) is 19.6 Å². The number of hydrogen-bond donors (Lipinski definition) is 0. The molecule has 1 aliphatic heterocycles. The standard InChI is InChI=1S/C13H20O3SSi/c1-5-12-13(16-12,18(2,3)4)17(14,15)11-9-7-6-8-10-11/h6-10,12H,5H2,1-4H3/t12-,13+/m0/s1. The third-order valence-corrected chi connectivity index (χ3v) is 10.8. The summed E-state index contributed by atoms with van der Waals surface area (Å²) in [4.78, 5) is 0.378. The molecular weight excluding hydrogens is 264 g/mol. The van der Waals surface area contributed by atoms with Gasteiger partial charge in [0.1, 0.15) is 8.07 Å². The van der Waals surface area contributed by atoms with Crippen molar-refractivity contribution < 1.29 is 13.2 Å². The summed E-state index contributed by atoms with van der Waals surface area (Å²) in [5.74, 6) is 0. The second kappa shape index (κ2) is 4.18. The Labute approximate surface area is 110 Å². The van der Waals surface area contributed by atoms with Crippen LogP contribution in [0.1, 0.15) is 13.3 Å². The molecule has 1 aromatic rings. The van der Waals surface area contributed by atoms with E-state index >= 15 is 0 Å². The maximum Gasteiger partial charge on any atom is 0.207 e. The van der Waals surface area contributed by atoms with Crippen LogP contribution in [0.5, 0.6) is 0 Å². The van der Waals surface area contributed by atoms with Gasteiger partial charge in [-0.3, -0.25) is 0 Å². The van der Waals surface area contributed by atoms with Gasteiger partial charge in [0, 0.05) is 0 Å². The first-order valence-electron chi connectivity index (χ1n) is 6.25. The minimum absolute atomic E-state index is 0.144. The summed E-state index contributed by atoms with van der Waals surface area (Å²) in [6.45, 7) is 8.16. The maximum absolute atomic E-state index is 12.8. The lowest BCUT2D eigenvalue weighted by Gasteiger charge is -2.26. The Hall–Kier alpha value is -0.653. The Bertz CT molecular complexity index is 533. The number of rotatable bonds is 4. The van der Waals surface area contributed by atoms with E-state index in [1.165, 1.54) is 0 Å². The van der Waals surface area contributed by atoms with Crippen LogP contribution in [0.15, 0.2) is 35.2 Å².